The predicted octanol–water partition coefficient (Wildman–Crippen LogP) is 2.22. The zero-order valence-corrected chi connectivity index (χ0v) is 13.5. The summed E-state index contributed by atoms with van der Waals surface area (Å²) < 4.78 is 37.9. The zero-order chi connectivity index (χ0) is 18.1. The van der Waals surface area contributed by atoms with Crippen LogP contribution in [0.25, 0.3) is 11.0 Å². The molecular weight excluding hydrogens is 325 g/mol. The Morgan fingerprint density at radius 1 is 1.38 bits per heavy atom. The van der Waals surface area contributed by atoms with Crippen LogP contribution >= 0.6 is 0 Å². The monoisotopic (exact) mass is 344 g/mol. The van der Waals surface area contributed by atoms with Crippen molar-refractivity contribution < 1.29 is 23.1 Å². The summed E-state index contributed by atoms with van der Waals surface area (Å²) in [5, 5.41) is 12.3. The number of carbonyl (C=O) groups is 1. The Balaban J connectivity index is 2.06. The van der Waals surface area contributed by atoms with Crippen molar-refractivity contribution in [2.45, 2.75) is 25.6 Å². The first-order valence-electron chi connectivity index (χ1n) is 7.22. The first-order valence-corrected chi connectivity index (χ1v) is 7.22. The Morgan fingerprint density at radius 2 is 2.04 bits per heavy atom. The molecule has 0 bridgehead atoms. The quantitative estimate of drug-likeness (QED) is 0.777. The summed E-state index contributed by atoms with van der Waals surface area (Å²) in [5.74, 6) is -1.41. The molecule has 132 valence electrons. The van der Waals surface area contributed by atoms with E-state index in [1.54, 1.807) is 25.8 Å². The van der Waals surface area contributed by atoms with Gasteiger partial charge in [0.2, 0.25) is 11.7 Å². The fourth-order valence-electron chi connectivity index (χ4n) is 2.38. The molecule has 1 heterocycles. The number of rotatable bonds is 5. The topological polar surface area (TPSA) is 81.2 Å². The van der Waals surface area contributed by atoms with Gasteiger partial charge in [0.15, 0.2) is 0 Å². The van der Waals surface area contributed by atoms with Crippen LogP contribution in [0, 0.1) is 0 Å². The van der Waals surface area contributed by atoms with Gasteiger partial charge in [-0.05, 0) is 39.1 Å². The third kappa shape index (κ3) is 4.93. The van der Waals surface area contributed by atoms with Gasteiger partial charge < -0.3 is 15.4 Å². The van der Waals surface area contributed by atoms with Crippen molar-refractivity contribution in [3.05, 3.63) is 24.0 Å². The van der Waals surface area contributed by atoms with E-state index in [1.807, 2.05) is 0 Å². The summed E-state index contributed by atoms with van der Waals surface area (Å²) in [4.78, 5) is 19.3. The molecule has 1 aromatic heterocycles. The molecule has 0 spiro atoms. The number of carbonyl (C=O) groups excluding carboxylic acids is 1. The number of halogens is 3. The third-order valence-corrected chi connectivity index (χ3v) is 3.10. The number of nitrogens with zero attached hydrogens (tertiary/aromatic N) is 2. The Kier molecular flexibility index (Phi) is 4.86. The molecule has 0 saturated heterocycles. The van der Waals surface area contributed by atoms with Gasteiger partial charge in [-0.15, -0.1) is 0 Å². The molecule has 0 unspecified atom stereocenters. The second-order valence-electron chi connectivity index (χ2n) is 6.35. The summed E-state index contributed by atoms with van der Waals surface area (Å²) >= 11 is 0. The van der Waals surface area contributed by atoms with Crippen LogP contribution in [0.1, 0.15) is 19.7 Å². The Bertz CT molecular complexity index is 734. The zero-order valence-electron chi connectivity index (χ0n) is 13.5. The second-order valence-corrected chi connectivity index (χ2v) is 6.35. The highest BCUT2D eigenvalue weighted by molar-refractivity contribution is 5.94. The molecule has 2 aromatic rings. The molecule has 1 amide bonds. The number of likely N-dealkylation sites (N-methyl/N-ethyl adjacent to an activating group) is 1. The van der Waals surface area contributed by atoms with E-state index in [0.29, 0.717) is 12.2 Å². The van der Waals surface area contributed by atoms with Crippen LogP contribution in [-0.2, 0) is 11.0 Å². The molecule has 0 fully saturated rings. The van der Waals surface area contributed by atoms with Gasteiger partial charge in [0.25, 0.3) is 0 Å². The standard InChI is InChI=1S/C15H19F3N4O2/c1-14(2,24)8-22(3)7-12(23)19-9-4-5-10-11(6-9)21-13(20-10)15(16,17)18/h4-6,24H,7-8H2,1-3H3,(H,19,23)(H,20,21). The number of fused-ring (bicyclic) bond motifs is 1. The number of benzene rings is 1. The summed E-state index contributed by atoms with van der Waals surface area (Å²) in [6.45, 7) is 3.60. The molecule has 0 radical (unpaired) electrons. The average molecular weight is 344 g/mol. The highest BCUT2D eigenvalue weighted by Gasteiger charge is 2.34. The van der Waals surface area contributed by atoms with Crippen LogP contribution in [0.3, 0.4) is 0 Å². The largest absolute Gasteiger partial charge is 0.449 e. The fourth-order valence-corrected chi connectivity index (χ4v) is 2.38. The highest BCUT2D eigenvalue weighted by atomic mass is 19.4. The highest BCUT2D eigenvalue weighted by Crippen LogP contribution is 2.29. The molecular formula is C15H19F3N4O2. The molecule has 0 aliphatic carbocycles. The van der Waals surface area contributed by atoms with Crippen LogP contribution in [0.4, 0.5) is 18.9 Å². The molecule has 0 atom stereocenters. The van der Waals surface area contributed by atoms with Crippen LogP contribution in [0.5, 0.6) is 0 Å². The smallest absolute Gasteiger partial charge is 0.389 e. The average Bonchev–Trinajstić information content (AvgIpc) is 2.78. The van der Waals surface area contributed by atoms with Gasteiger partial charge >= 0.3 is 6.18 Å². The Labute approximate surface area is 136 Å². The van der Waals surface area contributed by atoms with E-state index >= 15 is 0 Å². The third-order valence-electron chi connectivity index (χ3n) is 3.10. The first kappa shape index (κ1) is 18.2. The number of hydrogen-bond donors (Lipinski definition) is 3. The van der Waals surface area contributed by atoms with Crippen molar-refractivity contribution in [2.24, 2.45) is 0 Å². The number of aliphatic hydroxyl groups is 1. The van der Waals surface area contributed by atoms with Crippen molar-refractivity contribution in [3.63, 3.8) is 0 Å². The number of H-pyrrole nitrogens is 1. The summed E-state index contributed by atoms with van der Waals surface area (Å²) in [6, 6.07) is 4.28. The predicted molar refractivity (Wildman–Crippen MR) is 83.5 cm³/mol. The van der Waals surface area contributed by atoms with Crippen LogP contribution in [0.2, 0.25) is 0 Å². The summed E-state index contributed by atoms with van der Waals surface area (Å²) in [7, 11) is 1.69. The summed E-state index contributed by atoms with van der Waals surface area (Å²) in [6.07, 6.45) is -4.55. The maximum absolute atomic E-state index is 12.6. The maximum atomic E-state index is 12.6. The normalized spacial score (nSPS) is 12.8. The number of amides is 1. The lowest BCUT2D eigenvalue weighted by molar-refractivity contribution is -0.144. The van der Waals surface area contributed by atoms with E-state index in [2.05, 4.69) is 15.3 Å². The number of imidazole rings is 1. The fraction of sp³-hybridized carbons (Fsp3) is 0.467. The van der Waals surface area contributed by atoms with Gasteiger partial charge in [-0.2, -0.15) is 13.2 Å². The summed E-state index contributed by atoms with van der Waals surface area (Å²) in [5.41, 5.74) is -0.219. The minimum Gasteiger partial charge on any atom is -0.389 e. The lowest BCUT2D eigenvalue weighted by Gasteiger charge is -2.24. The SMILES string of the molecule is CN(CC(=O)Nc1ccc2nc(C(F)(F)F)[nH]c2c1)CC(C)(C)O. The molecule has 0 aliphatic rings. The second kappa shape index (κ2) is 6.40. The number of aromatic amines is 1. The number of hydrogen-bond acceptors (Lipinski definition) is 4. The number of nitrogens with one attached hydrogen (secondary N) is 2. The molecule has 1 aromatic carbocycles. The Hall–Kier alpha value is -2.13. The van der Waals surface area contributed by atoms with E-state index in [-0.39, 0.29) is 23.5 Å². The van der Waals surface area contributed by atoms with Gasteiger partial charge in [-0.3, -0.25) is 9.69 Å². The minimum absolute atomic E-state index is 0.0405. The van der Waals surface area contributed by atoms with Crippen molar-refractivity contribution in [3.8, 4) is 0 Å². The van der Waals surface area contributed by atoms with E-state index in [1.165, 1.54) is 18.2 Å². The van der Waals surface area contributed by atoms with Crippen molar-refractivity contribution in [1.29, 1.82) is 0 Å². The molecule has 9 heteroatoms. The maximum Gasteiger partial charge on any atom is 0.449 e. The Morgan fingerprint density at radius 3 is 2.62 bits per heavy atom. The molecule has 2 rings (SSSR count). The minimum atomic E-state index is -4.55. The number of alkyl halides is 3. The van der Waals surface area contributed by atoms with Gasteiger partial charge in [-0.25, -0.2) is 4.98 Å². The number of aromatic nitrogens is 2. The van der Waals surface area contributed by atoms with E-state index in [9.17, 15) is 23.1 Å². The molecule has 24 heavy (non-hydrogen) atoms. The van der Waals surface area contributed by atoms with Crippen LogP contribution < -0.4 is 5.32 Å². The van der Waals surface area contributed by atoms with Gasteiger partial charge in [0, 0.05) is 12.2 Å². The molecule has 0 aliphatic heterocycles. The van der Waals surface area contributed by atoms with E-state index in [0.717, 1.165) is 0 Å². The lowest BCUT2D eigenvalue weighted by atomic mass is 10.1. The van der Waals surface area contributed by atoms with E-state index < -0.39 is 17.6 Å². The molecule has 3 N–H and O–H groups in total. The van der Waals surface area contributed by atoms with Crippen LogP contribution in [-0.4, -0.2) is 51.6 Å². The van der Waals surface area contributed by atoms with Crippen molar-refractivity contribution in [2.75, 3.05) is 25.5 Å². The lowest BCUT2D eigenvalue weighted by Crippen LogP contribution is -2.40. The van der Waals surface area contributed by atoms with Crippen LogP contribution in [0.15, 0.2) is 18.2 Å². The molecule has 0 saturated carbocycles. The van der Waals surface area contributed by atoms with Gasteiger partial charge in [-0.1, -0.05) is 0 Å². The van der Waals surface area contributed by atoms with Crippen molar-refractivity contribution >= 4 is 22.6 Å². The molecule has 6 nitrogen and oxygen atoms in total. The van der Waals surface area contributed by atoms with Crippen molar-refractivity contribution in [1.82, 2.24) is 14.9 Å². The first-order chi connectivity index (χ1) is 10.9. The van der Waals surface area contributed by atoms with E-state index in [4.69, 9.17) is 0 Å². The van der Waals surface area contributed by atoms with Gasteiger partial charge in [0.05, 0.1) is 23.2 Å². The van der Waals surface area contributed by atoms with Gasteiger partial charge in [0.1, 0.15) is 0 Å². The number of anilines is 1.